The Labute approximate surface area is 142 Å². The van der Waals surface area contributed by atoms with Crippen molar-refractivity contribution in [2.24, 2.45) is 4.99 Å². The fraction of sp³-hybridized carbons (Fsp3) is 0.300. The van der Waals surface area contributed by atoms with Crippen molar-refractivity contribution in [1.82, 2.24) is 0 Å². The van der Waals surface area contributed by atoms with Crippen molar-refractivity contribution in [3.63, 3.8) is 0 Å². The van der Waals surface area contributed by atoms with Crippen molar-refractivity contribution in [3.05, 3.63) is 59.2 Å². The van der Waals surface area contributed by atoms with Crippen LogP contribution >= 0.6 is 0 Å². The topological polar surface area (TPSA) is 35.9 Å². The predicted molar refractivity (Wildman–Crippen MR) is 98.3 cm³/mol. The number of fused-ring (bicyclic) bond motifs is 3. The van der Waals surface area contributed by atoms with E-state index in [0.29, 0.717) is 6.54 Å². The molecule has 0 N–H and O–H groups in total. The first-order valence-electron chi connectivity index (χ1n) is 8.44. The molecule has 0 saturated carbocycles. The van der Waals surface area contributed by atoms with Crippen LogP contribution in [0.5, 0.6) is 0 Å². The summed E-state index contributed by atoms with van der Waals surface area (Å²) in [5.74, 6) is 1.04. The van der Waals surface area contributed by atoms with Crippen molar-refractivity contribution in [3.8, 4) is 0 Å². The van der Waals surface area contributed by atoms with E-state index in [2.05, 4.69) is 35.8 Å². The first-order valence-corrected chi connectivity index (χ1v) is 8.44. The third kappa shape index (κ3) is 2.39. The molecule has 4 heteroatoms. The zero-order valence-electron chi connectivity index (χ0n) is 14.1. The van der Waals surface area contributed by atoms with Gasteiger partial charge >= 0.3 is 0 Å². The van der Waals surface area contributed by atoms with Gasteiger partial charge < -0.3 is 9.80 Å². The number of rotatable bonds is 3. The number of anilines is 2. The van der Waals surface area contributed by atoms with Gasteiger partial charge in [0.2, 0.25) is 5.96 Å². The highest BCUT2D eigenvalue weighted by atomic mass is 16.1. The highest BCUT2D eigenvalue weighted by molar-refractivity contribution is 6.19. The molecule has 2 aromatic carbocycles. The Morgan fingerprint density at radius 1 is 1.08 bits per heavy atom. The number of carbonyl (C=O) groups is 1. The van der Waals surface area contributed by atoms with E-state index in [1.54, 1.807) is 0 Å². The van der Waals surface area contributed by atoms with Crippen LogP contribution < -0.4 is 9.80 Å². The molecule has 0 unspecified atom stereocenters. The lowest BCUT2D eigenvalue weighted by Crippen LogP contribution is -2.43. The number of guanidine groups is 1. The lowest BCUT2D eigenvalue weighted by atomic mass is 10.1. The van der Waals surface area contributed by atoms with E-state index in [-0.39, 0.29) is 5.78 Å². The molecular weight excluding hydrogens is 298 g/mol. The molecule has 0 aromatic heterocycles. The van der Waals surface area contributed by atoms with E-state index < -0.39 is 0 Å². The second-order valence-electron chi connectivity index (χ2n) is 6.49. The molecule has 4 rings (SSSR count). The van der Waals surface area contributed by atoms with Crippen molar-refractivity contribution in [2.75, 3.05) is 29.4 Å². The summed E-state index contributed by atoms with van der Waals surface area (Å²) in [6.45, 7) is 6.37. The molecule has 2 aliphatic heterocycles. The average molecular weight is 319 g/mol. The molecule has 0 atom stereocenters. The molecule has 122 valence electrons. The Hall–Kier alpha value is -2.62. The van der Waals surface area contributed by atoms with Crippen LogP contribution in [0.3, 0.4) is 0 Å². The molecule has 0 amide bonds. The molecule has 0 radical (unpaired) electrons. The van der Waals surface area contributed by atoms with Gasteiger partial charge in [-0.25, -0.2) is 0 Å². The summed E-state index contributed by atoms with van der Waals surface area (Å²) in [4.78, 5) is 21.8. The van der Waals surface area contributed by atoms with Gasteiger partial charge in [0, 0.05) is 18.7 Å². The second-order valence-corrected chi connectivity index (χ2v) is 6.49. The van der Waals surface area contributed by atoms with Crippen LogP contribution in [0, 0.1) is 13.8 Å². The van der Waals surface area contributed by atoms with Crippen LogP contribution in [0.25, 0.3) is 0 Å². The van der Waals surface area contributed by atoms with Gasteiger partial charge in [0.25, 0.3) is 0 Å². The molecule has 4 nitrogen and oxygen atoms in total. The Bertz CT molecular complexity index is 826. The van der Waals surface area contributed by atoms with Gasteiger partial charge in [0.15, 0.2) is 5.78 Å². The quantitative estimate of drug-likeness (QED) is 0.811. The fourth-order valence-electron chi connectivity index (χ4n) is 3.39. The van der Waals surface area contributed by atoms with E-state index in [1.807, 2.05) is 30.3 Å². The predicted octanol–water partition coefficient (Wildman–Crippen LogP) is 3.57. The largest absolute Gasteiger partial charge is 0.310 e. The number of hydrogen-bond donors (Lipinski definition) is 0. The van der Waals surface area contributed by atoms with Crippen molar-refractivity contribution >= 4 is 23.1 Å². The summed E-state index contributed by atoms with van der Waals surface area (Å²) in [6, 6.07) is 13.9. The zero-order chi connectivity index (χ0) is 16.7. The van der Waals surface area contributed by atoms with Crippen molar-refractivity contribution in [2.45, 2.75) is 20.3 Å². The molecule has 0 saturated heterocycles. The summed E-state index contributed by atoms with van der Waals surface area (Å²) in [5.41, 5.74) is 5.54. The van der Waals surface area contributed by atoms with E-state index in [4.69, 9.17) is 4.99 Å². The van der Waals surface area contributed by atoms with Crippen LogP contribution in [0.4, 0.5) is 11.4 Å². The summed E-state index contributed by atoms with van der Waals surface area (Å²) in [7, 11) is 0. The lowest BCUT2D eigenvalue weighted by molar-refractivity contribution is 0.100. The molecule has 2 heterocycles. The average Bonchev–Trinajstić information content (AvgIpc) is 2.90. The molecule has 0 aliphatic carbocycles. The maximum atomic E-state index is 12.7. The van der Waals surface area contributed by atoms with E-state index in [9.17, 15) is 4.79 Å². The number of ketones is 1. The van der Waals surface area contributed by atoms with E-state index in [0.717, 1.165) is 36.7 Å². The fourth-order valence-corrected chi connectivity index (χ4v) is 3.39. The summed E-state index contributed by atoms with van der Waals surface area (Å²) in [6.07, 6.45) is 1.05. The normalized spacial score (nSPS) is 15.8. The monoisotopic (exact) mass is 319 g/mol. The molecule has 2 aromatic rings. The number of aryl methyl sites for hydroxylation is 2. The van der Waals surface area contributed by atoms with Crippen LogP contribution in [0.2, 0.25) is 0 Å². The van der Waals surface area contributed by atoms with Gasteiger partial charge in [0.05, 0.1) is 17.9 Å². The van der Waals surface area contributed by atoms with Gasteiger partial charge in [-0.05, 0) is 43.5 Å². The first-order chi connectivity index (χ1) is 11.6. The standard InChI is InChI=1S/C20H21N3O/c1-14-11-17-18(12-15(14)2)23(20-21-9-6-10-22(17)20)13-19(24)16-7-4-3-5-8-16/h3-5,7-8,11-12H,6,9-10,13H2,1-2H3. The molecular formula is C20H21N3O. The summed E-state index contributed by atoms with van der Waals surface area (Å²) in [5, 5.41) is 0. The highest BCUT2D eigenvalue weighted by Crippen LogP contribution is 2.40. The molecule has 24 heavy (non-hydrogen) atoms. The molecule has 0 fully saturated rings. The Kier molecular flexibility index (Phi) is 3.60. The van der Waals surface area contributed by atoms with Gasteiger partial charge in [0.1, 0.15) is 0 Å². The minimum absolute atomic E-state index is 0.120. The van der Waals surface area contributed by atoms with Crippen molar-refractivity contribution < 1.29 is 4.79 Å². The number of aliphatic imine (C=N–C) groups is 1. The maximum absolute atomic E-state index is 12.7. The Morgan fingerprint density at radius 3 is 2.54 bits per heavy atom. The van der Waals surface area contributed by atoms with Gasteiger partial charge in [-0.3, -0.25) is 9.79 Å². The van der Waals surface area contributed by atoms with Crippen LogP contribution in [0.1, 0.15) is 27.9 Å². The number of hydrogen-bond acceptors (Lipinski definition) is 4. The van der Waals surface area contributed by atoms with Crippen LogP contribution in [0.15, 0.2) is 47.5 Å². The zero-order valence-corrected chi connectivity index (χ0v) is 14.1. The minimum Gasteiger partial charge on any atom is -0.310 e. The number of nitrogens with zero attached hydrogens (tertiary/aromatic N) is 3. The summed E-state index contributed by atoms with van der Waals surface area (Å²) >= 11 is 0. The molecule has 0 spiro atoms. The highest BCUT2D eigenvalue weighted by Gasteiger charge is 2.35. The lowest BCUT2D eigenvalue weighted by Gasteiger charge is -2.26. The van der Waals surface area contributed by atoms with Crippen LogP contribution in [-0.2, 0) is 0 Å². The third-order valence-electron chi connectivity index (χ3n) is 4.85. The third-order valence-corrected chi connectivity index (χ3v) is 4.85. The summed E-state index contributed by atoms with van der Waals surface area (Å²) < 4.78 is 0. The molecule has 2 aliphatic rings. The van der Waals surface area contributed by atoms with Crippen LogP contribution in [-0.4, -0.2) is 31.4 Å². The SMILES string of the molecule is Cc1cc2c(cc1C)N(CC(=O)c1ccccc1)C1=NCCCN12. The number of benzene rings is 2. The molecule has 0 bridgehead atoms. The van der Waals surface area contributed by atoms with Gasteiger partial charge in [-0.1, -0.05) is 30.3 Å². The number of carbonyl (C=O) groups excluding carboxylic acids is 1. The van der Waals surface area contributed by atoms with Gasteiger partial charge in [-0.2, -0.15) is 0 Å². The van der Waals surface area contributed by atoms with Crippen molar-refractivity contribution in [1.29, 1.82) is 0 Å². The minimum atomic E-state index is 0.120. The Morgan fingerprint density at radius 2 is 1.79 bits per heavy atom. The maximum Gasteiger partial charge on any atom is 0.206 e. The van der Waals surface area contributed by atoms with E-state index >= 15 is 0 Å². The second kappa shape index (κ2) is 5.78. The van der Waals surface area contributed by atoms with Gasteiger partial charge in [-0.15, -0.1) is 0 Å². The first kappa shape index (κ1) is 14.9. The smallest absolute Gasteiger partial charge is 0.206 e. The Balaban J connectivity index is 1.73. The number of Topliss-reactive ketones (excluding diaryl/α,β-unsaturated/α-hetero) is 1. The van der Waals surface area contributed by atoms with E-state index in [1.165, 1.54) is 16.8 Å².